The maximum absolute atomic E-state index is 12.5. The number of aryl methyl sites for hydroxylation is 1. The zero-order valence-electron chi connectivity index (χ0n) is 14.4. The van der Waals surface area contributed by atoms with E-state index < -0.39 is 6.04 Å². The molecule has 3 aromatic rings. The van der Waals surface area contributed by atoms with Crippen LogP contribution in [0.2, 0.25) is 0 Å². The van der Waals surface area contributed by atoms with Gasteiger partial charge < -0.3 is 10.6 Å². The molecule has 26 heavy (non-hydrogen) atoms. The molecular weight excluding hydrogens is 377 g/mol. The van der Waals surface area contributed by atoms with Gasteiger partial charge in [-0.1, -0.05) is 12.1 Å². The minimum atomic E-state index is -0.460. The Bertz CT molecular complexity index is 820. The molecule has 2 N–H and O–H groups in total. The predicted octanol–water partition coefficient (Wildman–Crippen LogP) is 1.80. The molecule has 1 atom stereocenters. The van der Waals surface area contributed by atoms with Crippen molar-refractivity contribution in [2.45, 2.75) is 12.6 Å². The minimum absolute atomic E-state index is 0. The van der Waals surface area contributed by atoms with Crippen molar-refractivity contribution < 1.29 is 4.79 Å². The fraction of sp³-hybridized carbons (Fsp3) is 0.250. The van der Waals surface area contributed by atoms with Gasteiger partial charge in [-0.3, -0.25) is 9.48 Å². The molecule has 1 aromatic carbocycles. The number of aromatic nitrogens is 5. The first-order valence-electron chi connectivity index (χ1n) is 7.54. The Balaban J connectivity index is 0.00000169. The van der Waals surface area contributed by atoms with Crippen molar-refractivity contribution in [3.05, 3.63) is 60.4 Å². The van der Waals surface area contributed by atoms with Crippen molar-refractivity contribution in [3.8, 4) is 0 Å². The van der Waals surface area contributed by atoms with E-state index in [0.717, 1.165) is 16.8 Å². The summed E-state index contributed by atoms with van der Waals surface area (Å²) in [6.07, 6.45) is 6.66. The normalized spacial score (nSPS) is 11.2. The highest BCUT2D eigenvalue weighted by Crippen LogP contribution is 2.16. The number of carbonyl (C=O) groups excluding carboxylic acids is 1. The Hall–Kier alpha value is -2.42. The largest absolute Gasteiger partial charge is 0.324 e. The summed E-state index contributed by atoms with van der Waals surface area (Å²) in [7, 11) is 3.57. The molecule has 140 valence electrons. The summed E-state index contributed by atoms with van der Waals surface area (Å²) in [6.45, 7) is 0.599. The molecule has 0 saturated carbocycles. The van der Waals surface area contributed by atoms with Crippen LogP contribution in [0.5, 0.6) is 0 Å². The molecule has 0 aliphatic heterocycles. The van der Waals surface area contributed by atoms with Crippen molar-refractivity contribution in [1.29, 1.82) is 0 Å². The van der Waals surface area contributed by atoms with Crippen LogP contribution >= 0.6 is 24.8 Å². The van der Waals surface area contributed by atoms with Crippen LogP contribution in [0.3, 0.4) is 0 Å². The van der Waals surface area contributed by atoms with Gasteiger partial charge in [-0.05, 0) is 24.7 Å². The highest BCUT2D eigenvalue weighted by molar-refractivity contribution is 5.95. The van der Waals surface area contributed by atoms with E-state index in [4.69, 9.17) is 0 Å². The van der Waals surface area contributed by atoms with E-state index >= 15 is 0 Å². The Morgan fingerprint density at radius 3 is 2.69 bits per heavy atom. The Morgan fingerprint density at radius 1 is 1.27 bits per heavy atom. The summed E-state index contributed by atoms with van der Waals surface area (Å²) in [5.41, 5.74) is 2.58. The zero-order chi connectivity index (χ0) is 16.9. The number of halogens is 2. The van der Waals surface area contributed by atoms with Gasteiger partial charge in [0.1, 0.15) is 18.7 Å². The lowest BCUT2D eigenvalue weighted by Gasteiger charge is -2.15. The van der Waals surface area contributed by atoms with E-state index in [1.54, 1.807) is 28.9 Å². The quantitative estimate of drug-likeness (QED) is 0.661. The van der Waals surface area contributed by atoms with Crippen molar-refractivity contribution >= 4 is 36.4 Å². The molecule has 2 aromatic heterocycles. The molecule has 1 unspecified atom stereocenters. The Labute approximate surface area is 163 Å². The third kappa shape index (κ3) is 5.29. The van der Waals surface area contributed by atoms with Gasteiger partial charge >= 0.3 is 0 Å². The first-order valence-corrected chi connectivity index (χ1v) is 7.54. The summed E-state index contributed by atoms with van der Waals surface area (Å²) in [5, 5.41) is 14.1. The molecule has 0 aliphatic carbocycles. The van der Waals surface area contributed by atoms with Crippen molar-refractivity contribution in [2.75, 3.05) is 12.4 Å². The van der Waals surface area contributed by atoms with Crippen LogP contribution < -0.4 is 10.6 Å². The number of benzene rings is 1. The third-order valence-corrected chi connectivity index (χ3v) is 3.61. The van der Waals surface area contributed by atoms with Crippen LogP contribution in [0.15, 0.2) is 49.3 Å². The monoisotopic (exact) mass is 397 g/mol. The van der Waals surface area contributed by atoms with Gasteiger partial charge in [-0.25, -0.2) is 9.67 Å². The molecule has 1 amide bonds. The first-order chi connectivity index (χ1) is 11.7. The Kier molecular flexibility index (Phi) is 8.24. The number of likely N-dealkylation sites (N-methyl/N-ethyl adjacent to an activating group) is 1. The summed E-state index contributed by atoms with van der Waals surface area (Å²) < 4.78 is 3.40. The van der Waals surface area contributed by atoms with Crippen LogP contribution in [0, 0.1) is 0 Å². The smallest absolute Gasteiger partial charge is 0.246 e. The van der Waals surface area contributed by atoms with Crippen LogP contribution in [0.4, 0.5) is 5.69 Å². The van der Waals surface area contributed by atoms with E-state index in [2.05, 4.69) is 25.8 Å². The molecule has 0 aliphatic rings. The maximum atomic E-state index is 12.5. The molecule has 2 heterocycles. The minimum Gasteiger partial charge on any atom is -0.324 e. The van der Waals surface area contributed by atoms with Crippen LogP contribution in [0.25, 0.3) is 0 Å². The van der Waals surface area contributed by atoms with E-state index in [9.17, 15) is 4.79 Å². The lowest BCUT2D eigenvalue weighted by Crippen LogP contribution is -2.30. The topological polar surface area (TPSA) is 89.7 Å². The van der Waals surface area contributed by atoms with E-state index in [0.29, 0.717) is 6.54 Å². The lowest BCUT2D eigenvalue weighted by atomic mass is 10.1. The molecule has 0 saturated heterocycles. The van der Waals surface area contributed by atoms with Gasteiger partial charge in [0, 0.05) is 24.5 Å². The summed E-state index contributed by atoms with van der Waals surface area (Å²) in [4.78, 5) is 16.5. The third-order valence-electron chi connectivity index (χ3n) is 3.61. The Morgan fingerprint density at radius 2 is 2.08 bits per heavy atom. The van der Waals surface area contributed by atoms with E-state index in [1.807, 2.05) is 37.5 Å². The second-order valence-electron chi connectivity index (χ2n) is 5.45. The number of amides is 1. The number of carbonyl (C=O) groups is 1. The number of anilines is 1. The SMILES string of the molecule is CNC(C(=O)Nc1cccc(Cn2cncn2)c1)c1cnn(C)c1.Cl.Cl. The average Bonchev–Trinajstić information content (AvgIpc) is 3.20. The van der Waals surface area contributed by atoms with Gasteiger partial charge in [0.15, 0.2) is 0 Å². The van der Waals surface area contributed by atoms with E-state index in [1.165, 1.54) is 6.33 Å². The fourth-order valence-corrected chi connectivity index (χ4v) is 2.50. The molecule has 0 fully saturated rings. The number of nitrogens with zero attached hydrogens (tertiary/aromatic N) is 5. The fourth-order valence-electron chi connectivity index (χ4n) is 2.50. The molecule has 0 radical (unpaired) electrons. The zero-order valence-corrected chi connectivity index (χ0v) is 16.0. The maximum Gasteiger partial charge on any atom is 0.246 e. The van der Waals surface area contributed by atoms with Crippen LogP contribution in [-0.2, 0) is 18.4 Å². The number of rotatable bonds is 6. The number of hydrogen-bond acceptors (Lipinski definition) is 5. The first kappa shape index (κ1) is 21.6. The van der Waals surface area contributed by atoms with Gasteiger partial charge in [-0.15, -0.1) is 24.8 Å². The summed E-state index contributed by atoms with van der Waals surface area (Å²) in [6, 6.07) is 7.21. The highest BCUT2D eigenvalue weighted by atomic mass is 35.5. The molecule has 10 heteroatoms. The predicted molar refractivity (Wildman–Crippen MR) is 104 cm³/mol. The van der Waals surface area contributed by atoms with Crippen molar-refractivity contribution in [3.63, 3.8) is 0 Å². The van der Waals surface area contributed by atoms with Crippen molar-refractivity contribution in [1.82, 2.24) is 29.9 Å². The second-order valence-corrected chi connectivity index (χ2v) is 5.45. The summed E-state index contributed by atoms with van der Waals surface area (Å²) in [5.74, 6) is -0.136. The molecule has 8 nitrogen and oxygen atoms in total. The lowest BCUT2D eigenvalue weighted by molar-refractivity contribution is -0.118. The van der Waals surface area contributed by atoms with Crippen molar-refractivity contribution in [2.24, 2.45) is 7.05 Å². The van der Waals surface area contributed by atoms with Gasteiger partial charge in [-0.2, -0.15) is 10.2 Å². The standard InChI is InChI=1S/C16H19N7O.2ClH/c1-17-15(13-7-19-22(2)9-13)16(24)21-14-5-3-4-12(6-14)8-23-11-18-10-20-23;;/h3-7,9-11,15,17H,8H2,1-2H3,(H,21,24);2*1H. The number of hydrogen-bond donors (Lipinski definition) is 2. The van der Waals surface area contributed by atoms with Gasteiger partial charge in [0.2, 0.25) is 5.91 Å². The average molecular weight is 398 g/mol. The molecule has 0 spiro atoms. The highest BCUT2D eigenvalue weighted by Gasteiger charge is 2.20. The van der Waals surface area contributed by atoms with Crippen LogP contribution in [-0.4, -0.2) is 37.5 Å². The molecule has 3 rings (SSSR count). The molecular formula is C16H21Cl2N7O. The van der Waals surface area contributed by atoms with Gasteiger partial charge in [0.05, 0.1) is 12.7 Å². The van der Waals surface area contributed by atoms with Crippen LogP contribution in [0.1, 0.15) is 17.2 Å². The summed E-state index contributed by atoms with van der Waals surface area (Å²) >= 11 is 0. The second kappa shape index (κ2) is 9.91. The number of nitrogens with one attached hydrogen (secondary N) is 2. The van der Waals surface area contributed by atoms with Gasteiger partial charge in [0.25, 0.3) is 0 Å². The van der Waals surface area contributed by atoms with E-state index in [-0.39, 0.29) is 30.7 Å². The molecule has 0 bridgehead atoms.